The van der Waals surface area contributed by atoms with E-state index in [1.807, 2.05) is 0 Å². The van der Waals surface area contributed by atoms with Gasteiger partial charge in [0.05, 0.1) is 5.56 Å². The molecular weight excluding hydrogens is 192 g/mol. The van der Waals surface area contributed by atoms with E-state index in [0.29, 0.717) is 0 Å². The van der Waals surface area contributed by atoms with Crippen molar-refractivity contribution in [2.24, 2.45) is 0 Å². The Morgan fingerprint density at radius 1 is 1.21 bits per heavy atom. The molecule has 0 atom stereocenters. The third-order valence-electron chi connectivity index (χ3n) is 1.46. The zero-order valence-electron chi connectivity index (χ0n) is 6.80. The number of hydrogen-bond acceptors (Lipinski definition) is 6. The van der Waals surface area contributed by atoms with Crippen LogP contribution in [0.1, 0.15) is 10.4 Å². The number of phenolic OH excluding ortho intramolecular Hbond substituents is 3. The molecule has 0 bridgehead atoms. The van der Waals surface area contributed by atoms with Gasteiger partial charge in [-0.25, -0.2) is 4.79 Å². The highest BCUT2D eigenvalue weighted by Gasteiger charge is 2.14. The van der Waals surface area contributed by atoms with Crippen molar-refractivity contribution in [3.63, 3.8) is 0 Å². The molecule has 0 aliphatic heterocycles. The molecule has 6 heteroatoms. The first-order valence-electron chi connectivity index (χ1n) is 3.46. The zero-order chi connectivity index (χ0) is 10.7. The molecule has 14 heavy (non-hydrogen) atoms. The van der Waals surface area contributed by atoms with Gasteiger partial charge in [-0.15, -0.1) is 0 Å². The van der Waals surface area contributed by atoms with Gasteiger partial charge in [0.1, 0.15) is 0 Å². The van der Waals surface area contributed by atoms with Gasteiger partial charge in [-0.3, -0.25) is 4.79 Å². The van der Waals surface area contributed by atoms with Crippen molar-refractivity contribution in [1.82, 2.24) is 0 Å². The van der Waals surface area contributed by atoms with Crippen LogP contribution in [0.25, 0.3) is 0 Å². The van der Waals surface area contributed by atoms with Gasteiger partial charge in [-0.2, -0.15) is 0 Å². The molecular formula is C8H6O6. The summed E-state index contributed by atoms with van der Waals surface area (Å²) in [4.78, 5) is 20.7. The third kappa shape index (κ3) is 1.74. The minimum atomic E-state index is -1.04. The second-order valence-corrected chi connectivity index (χ2v) is 2.36. The van der Waals surface area contributed by atoms with Crippen LogP contribution >= 0.6 is 0 Å². The van der Waals surface area contributed by atoms with Crippen LogP contribution in [0.3, 0.4) is 0 Å². The van der Waals surface area contributed by atoms with Crippen LogP contribution in [0.2, 0.25) is 0 Å². The lowest BCUT2D eigenvalue weighted by Crippen LogP contribution is -2.02. The van der Waals surface area contributed by atoms with E-state index in [2.05, 4.69) is 4.74 Å². The maximum Gasteiger partial charge on any atom is 0.345 e. The number of rotatable bonds is 2. The normalized spacial score (nSPS) is 9.43. The quantitative estimate of drug-likeness (QED) is 0.270. The van der Waals surface area contributed by atoms with Crippen molar-refractivity contribution < 1.29 is 29.6 Å². The predicted octanol–water partition coefficient (Wildman–Crippen LogP) is 0.117. The van der Waals surface area contributed by atoms with E-state index >= 15 is 0 Å². The van der Waals surface area contributed by atoms with Crippen molar-refractivity contribution in [1.29, 1.82) is 0 Å². The van der Waals surface area contributed by atoms with E-state index in [0.717, 1.165) is 12.1 Å². The lowest BCUT2D eigenvalue weighted by molar-refractivity contribution is -0.123. The Morgan fingerprint density at radius 2 is 1.71 bits per heavy atom. The molecule has 0 amide bonds. The Balaban J connectivity index is 3.12. The first kappa shape index (κ1) is 9.85. The predicted molar refractivity (Wildman–Crippen MR) is 42.9 cm³/mol. The summed E-state index contributed by atoms with van der Waals surface area (Å²) in [6.07, 6.45) is 0. The molecule has 0 unspecified atom stereocenters. The summed E-state index contributed by atoms with van der Waals surface area (Å²) >= 11 is 0. The monoisotopic (exact) mass is 198 g/mol. The Hall–Kier alpha value is -2.24. The van der Waals surface area contributed by atoms with Gasteiger partial charge in [0.2, 0.25) is 0 Å². The van der Waals surface area contributed by atoms with Gasteiger partial charge >= 0.3 is 12.4 Å². The number of carbonyl (C=O) groups excluding carboxylic acids is 2. The molecule has 74 valence electrons. The molecule has 0 heterocycles. The van der Waals surface area contributed by atoms with Gasteiger partial charge < -0.3 is 20.1 Å². The summed E-state index contributed by atoms with van der Waals surface area (Å²) in [7, 11) is 0. The number of benzene rings is 1. The van der Waals surface area contributed by atoms with E-state index in [9.17, 15) is 9.59 Å². The summed E-state index contributed by atoms with van der Waals surface area (Å²) in [6.45, 7) is -0.0801. The summed E-state index contributed by atoms with van der Waals surface area (Å²) in [5, 5.41) is 26.9. The highest BCUT2D eigenvalue weighted by Crippen LogP contribution is 2.35. The Bertz CT molecular complexity index is 360. The van der Waals surface area contributed by atoms with E-state index in [1.165, 1.54) is 0 Å². The molecule has 0 radical (unpaired) electrons. The molecule has 0 aliphatic rings. The fourth-order valence-corrected chi connectivity index (χ4v) is 0.834. The fraction of sp³-hybridized carbons (Fsp3) is 0. The first-order chi connectivity index (χ1) is 6.56. The van der Waals surface area contributed by atoms with Crippen molar-refractivity contribution in [3.8, 4) is 17.2 Å². The largest absolute Gasteiger partial charge is 0.504 e. The topological polar surface area (TPSA) is 104 Å². The lowest BCUT2D eigenvalue weighted by atomic mass is 10.2. The van der Waals surface area contributed by atoms with Crippen molar-refractivity contribution >= 4 is 12.4 Å². The van der Waals surface area contributed by atoms with Crippen molar-refractivity contribution in [3.05, 3.63) is 17.7 Å². The molecule has 0 aliphatic carbocycles. The number of carbonyl (C=O) groups is 2. The molecule has 0 saturated heterocycles. The fourth-order valence-electron chi connectivity index (χ4n) is 0.834. The van der Waals surface area contributed by atoms with Crippen LogP contribution in [0, 0.1) is 0 Å². The second-order valence-electron chi connectivity index (χ2n) is 2.36. The molecule has 3 N–H and O–H groups in total. The van der Waals surface area contributed by atoms with Gasteiger partial charge in [-0.1, -0.05) is 0 Å². The highest BCUT2D eigenvalue weighted by molar-refractivity contribution is 5.94. The maximum absolute atomic E-state index is 10.9. The smallest absolute Gasteiger partial charge is 0.345 e. The van der Waals surface area contributed by atoms with E-state index in [1.54, 1.807) is 0 Å². The van der Waals surface area contributed by atoms with Crippen LogP contribution in [0.5, 0.6) is 17.2 Å². The zero-order valence-corrected chi connectivity index (χ0v) is 6.80. The standard InChI is InChI=1S/C8H6O6/c9-3-14-8(13)4-1-5(10)7(12)6(11)2-4/h1-3,10-12H. The molecule has 0 fully saturated rings. The Labute approximate surface area is 78.0 Å². The van der Waals surface area contributed by atoms with Crippen LogP contribution in [-0.4, -0.2) is 27.8 Å². The Kier molecular flexibility index (Phi) is 2.57. The summed E-state index contributed by atoms with van der Waals surface area (Å²) in [6, 6.07) is 1.72. The van der Waals surface area contributed by atoms with Crippen LogP contribution in [0.4, 0.5) is 0 Å². The minimum Gasteiger partial charge on any atom is -0.504 e. The number of esters is 1. The van der Waals surface area contributed by atoms with Gasteiger partial charge in [0.25, 0.3) is 0 Å². The summed E-state index contributed by atoms with van der Waals surface area (Å²) < 4.78 is 3.95. The second kappa shape index (κ2) is 3.65. The van der Waals surface area contributed by atoms with Gasteiger partial charge in [-0.05, 0) is 12.1 Å². The van der Waals surface area contributed by atoms with Crippen molar-refractivity contribution in [2.75, 3.05) is 0 Å². The molecule has 1 aromatic rings. The third-order valence-corrected chi connectivity index (χ3v) is 1.46. The first-order valence-corrected chi connectivity index (χ1v) is 3.46. The highest BCUT2D eigenvalue weighted by atomic mass is 16.6. The lowest BCUT2D eigenvalue weighted by Gasteiger charge is -2.03. The van der Waals surface area contributed by atoms with Gasteiger partial charge in [0.15, 0.2) is 17.2 Å². The summed E-state index contributed by atoms with van der Waals surface area (Å²) in [5.41, 5.74) is -0.245. The SMILES string of the molecule is O=COC(=O)c1cc(O)c(O)c(O)c1. The van der Waals surface area contributed by atoms with Crippen LogP contribution in [-0.2, 0) is 9.53 Å². The van der Waals surface area contributed by atoms with Crippen molar-refractivity contribution in [2.45, 2.75) is 0 Å². The number of aromatic hydroxyl groups is 3. The Morgan fingerprint density at radius 3 is 2.14 bits per heavy atom. The number of phenols is 3. The number of hydrogen-bond donors (Lipinski definition) is 3. The minimum absolute atomic E-state index is 0.0801. The van der Waals surface area contributed by atoms with Gasteiger partial charge in [0, 0.05) is 0 Å². The maximum atomic E-state index is 10.9. The molecule has 0 saturated carbocycles. The molecule has 0 spiro atoms. The van der Waals surface area contributed by atoms with Crippen LogP contribution in [0.15, 0.2) is 12.1 Å². The summed E-state index contributed by atoms with van der Waals surface area (Å²) in [5.74, 6) is -3.14. The number of ether oxygens (including phenoxy) is 1. The van der Waals surface area contributed by atoms with Crippen LogP contribution < -0.4 is 0 Å². The average Bonchev–Trinajstić information content (AvgIpc) is 2.13. The van der Waals surface area contributed by atoms with E-state index < -0.39 is 23.2 Å². The molecule has 1 rings (SSSR count). The molecule has 0 aromatic heterocycles. The van der Waals surface area contributed by atoms with E-state index in [4.69, 9.17) is 15.3 Å². The molecule has 6 nitrogen and oxygen atoms in total. The average molecular weight is 198 g/mol. The molecule has 1 aromatic carbocycles. The van der Waals surface area contributed by atoms with E-state index in [-0.39, 0.29) is 12.0 Å².